The fourth-order valence-corrected chi connectivity index (χ4v) is 3.07. The number of benzene rings is 2. The molecule has 4 rings (SSSR count). The summed E-state index contributed by atoms with van der Waals surface area (Å²) in [5.41, 5.74) is 0.844. The summed E-state index contributed by atoms with van der Waals surface area (Å²) in [6.45, 7) is 1.83. The van der Waals surface area contributed by atoms with Gasteiger partial charge in [-0.15, -0.1) is 0 Å². The third-order valence-electron chi connectivity index (χ3n) is 4.60. The van der Waals surface area contributed by atoms with Crippen LogP contribution in [0.1, 0.15) is 41.4 Å². The average Bonchev–Trinajstić information content (AvgIpc) is 3.23. The molecular formula is C22H18O10. The maximum Gasteiger partial charge on any atom is 0.347 e. The summed E-state index contributed by atoms with van der Waals surface area (Å²) in [5.74, 6) is -1.78. The third-order valence-corrected chi connectivity index (χ3v) is 4.60. The van der Waals surface area contributed by atoms with Gasteiger partial charge in [0.25, 0.3) is 0 Å². The van der Waals surface area contributed by atoms with Crippen molar-refractivity contribution >= 4 is 23.9 Å². The average molecular weight is 442 g/mol. The van der Waals surface area contributed by atoms with Crippen LogP contribution in [0.3, 0.4) is 0 Å². The van der Waals surface area contributed by atoms with Crippen LogP contribution in [0.4, 0.5) is 0 Å². The van der Waals surface area contributed by atoms with Gasteiger partial charge < -0.3 is 28.4 Å². The highest BCUT2D eigenvalue weighted by atomic mass is 16.6. The lowest BCUT2D eigenvalue weighted by Crippen LogP contribution is -2.13. The number of fused-ring (bicyclic) bond motifs is 2. The second-order valence-electron chi connectivity index (χ2n) is 6.69. The van der Waals surface area contributed by atoms with Gasteiger partial charge in [0.05, 0.1) is 48.7 Å². The van der Waals surface area contributed by atoms with Crippen LogP contribution in [-0.2, 0) is 18.9 Å². The molecule has 166 valence electrons. The van der Waals surface area contributed by atoms with Crippen LogP contribution in [0.2, 0.25) is 0 Å². The van der Waals surface area contributed by atoms with Crippen LogP contribution in [0.15, 0.2) is 36.4 Å². The minimum Gasteiger partial charge on any atom is -0.491 e. The highest BCUT2D eigenvalue weighted by Gasteiger charge is 2.30. The highest BCUT2D eigenvalue weighted by molar-refractivity contribution is 6.15. The number of hydrogen-bond acceptors (Lipinski definition) is 10. The van der Waals surface area contributed by atoms with E-state index in [1.165, 1.54) is 24.3 Å². The molecule has 0 saturated heterocycles. The van der Waals surface area contributed by atoms with E-state index in [9.17, 15) is 19.2 Å². The second-order valence-corrected chi connectivity index (χ2v) is 6.69. The number of esters is 4. The van der Waals surface area contributed by atoms with Crippen LogP contribution >= 0.6 is 0 Å². The van der Waals surface area contributed by atoms with Crippen molar-refractivity contribution in [1.82, 2.24) is 0 Å². The molecule has 0 atom stereocenters. The summed E-state index contributed by atoms with van der Waals surface area (Å²) in [5, 5.41) is 0. The molecule has 0 radical (unpaired) electrons. The van der Waals surface area contributed by atoms with Gasteiger partial charge in [-0.2, -0.15) is 0 Å². The molecule has 0 N–H and O–H groups in total. The van der Waals surface area contributed by atoms with Gasteiger partial charge in [0.1, 0.15) is 24.7 Å². The Labute approximate surface area is 181 Å². The van der Waals surface area contributed by atoms with Gasteiger partial charge in [-0.3, -0.25) is 0 Å². The molecule has 10 nitrogen and oxygen atoms in total. The molecule has 10 heteroatoms. The Hall–Kier alpha value is -3.76. The first kappa shape index (κ1) is 21.5. The Morgan fingerprint density at radius 1 is 0.500 bits per heavy atom. The van der Waals surface area contributed by atoms with E-state index in [4.69, 9.17) is 18.9 Å². The molecule has 2 aromatic rings. The molecule has 32 heavy (non-hydrogen) atoms. The van der Waals surface area contributed by atoms with E-state index in [1.807, 2.05) is 0 Å². The topological polar surface area (TPSA) is 124 Å². The molecule has 2 heterocycles. The molecular weight excluding hydrogens is 424 g/mol. The van der Waals surface area contributed by atoms with E-state index in [1.54, 1.807) is 12.1 Å². The maximum atomic E-state index is 11.5. The first-order valence-electron chi connectivity index (χ1n) is 9.75. The largest absolute Gasteiger partial charge is 0.491 e. The lowest BCUT2D eigenvalue weighted by molar-refractivity contribution is 0.0273. The fraction of sp³-hybridized carbons (Fsp3) is 0.273. The zero-order valence-electron chi connectivity index (χ0n) is 16.8. The number of cyclic esters (lactones) is 4. The summed E-state index contributed by atoms with van der Waals surface area (Å²) < 4.78 is 30.8. The lowest BCUT2D eigenvalue weighted by atomic mass is 10.1. The molecule has 0 aromatic heterocycles. The molecule has 0 amide bonds. The number of hydrogen-bond donors (Lipinski definition) is 0. The molecule has 0 saturated carbocycles. The third kappa shape index (κ3) is 4.76. The van der Waals surface area contributed by atoms with Crippen LogP contribution in [0.25, 0.3) is 0 Å². The Kier molecular flexibility index (Phi) is 6.43. The van der Waals surface area contributed by atoms with Crippen LogP contribution < -0.4 is 9.47 Å². The molecule has 0 aliphatic carbocycles. The van der Waals surface area contributed by atoms with Gasteiger partial charge in [-0.1, -0.05) is 0 Å². The predicted molar refractivity (Wildman–Crippen MR) is 105 cm³/mol. The van der Waals surface area contributed by atoms with Crippen molar-refractivity contribution in [3.05, 3.63) is 58.7 Å². The minimum atomic E-state index is -0.679. The Morgan fingerprint density at radius 2 is 0.875 bits per heavy atom. The van der Waals surface area contributed by atoms with Gasteiger partial charge in [0, 0.05) is 0 Å². The smallest absolute Gasteiger partial charge is 0.347 e. The molecule has 0 fully saturated rings. The van der Waals surface area contributed by atoms with Gasteiger partial charge in [0.15, 0.2) is 0 Å². The monoisotopic (exact) mass is 442 g/mol. The predicted octanol–water partition coefficient (Wildman–Crippen LogP) is 1.80. The molecule has 2 aromatic carbocycles. The van der Waals surface area contributed by atoms with Crippen molar-refractivity contribution in [1.29, 1.82) is 0 Å². The molecule has 2 aliphatic rings. The van der Waals surface area contributed by atoms with Gasteiger partial charge in [-0.05, 0) is 36.4 Å². The molecule has 2 aliphatic heterocycles. The lowest BCUT2D eigenvalue weighted by Gasteiger charge is -2.09. The Morgan fingerprint density at radius 3 is 1.31 bits per heavy atom. The second kappa shape index (κ2) is 9.58. The summed E-state index contributed by atoms with van der Waals surface area (Å²) in [6, 6.07) is 9.08. The Balaban J connectivity index is 1.06. The van der Waals surface area contributed by atoms with Crippen molar-refractivity contribution in [3.63, 3.8) is 0 Å². The van der Waals surface area contributed by atoms with Crippen molar-refractivity contribution in [2.75, 3.05) is 39.6 Å². The standard InChI is InChI=1S/C22H18O10/c23-19-15-3-1-13(11-17(15)21(25)31-19)29-9-7-27-5-6-28-8-10-30-14-2-4-16-18(12-14)22(26)32-20(16)24/h1-4,11-12H,5-10H2. The van der Waals surface area contributed by atoms with E-state index in [-0.39, 0.29) is 35.5 Å². The summed E-state index contributed by atoms with van der Waals surface area (Å²) in [4.78, 5) is 45.8. The van der Waals surface area contributed by atoms with Crippen LogP contribution in [-0.4, -0.2) is 63.5 Å². The number of carbonyl (C=O) groups is 4. The van der Waals surface area contributed by atoms with Crippen LogP contribution in [0, 0.1) is 0 Å². The molecule has 0 spiro atoms. The van der Waals surface area contributed by atoms with E-state index >= 15 is 0 Å². The number of rotatable bonds is 11. The zero-order valence-corrected chi connectivity index (χ0v) is 16.8. The minimum absolute atomic E-state index is 0.192. The van der Waals surface area contributed by atoms with Crippen LogP contribution in [0.5, 0.6) is 11.5 Å². The van der Waals surface area contributed by atoms with Crippen molar-refractivity contribution in [3.8, 4) is 11.5 Å². The van der Waals surface area contributed by atoms with Crippen molar-refractivity contribution in [2.45, 2.75) is 0 Å². The molecule has 0 unspecified atom stereocenters. The summed E-state index contributed by atoms with van der Waals surface area (Å²) in [6.07, 6.45) is 0. The van der Waals surface area contributed by atoms with Crippen molar-refractivity contribution in [2.24, 2.45) is 0 Å². The number of carbonyl (C=O) groups excluding carboxylic acids is 4. The highest BCUT2D eigenvalue weighted by Crippen LogP contribution is 2.25. The number of ether oxygens (including phenoxy) is 6. The fourth-order valence-electron chi connectivity index (χ4n) is 3.07. The van der Waals surface area contributed by atoms with Gasteiger partial charge in [-0.25, -0.2) is 19.2 Å². The van der Waals surface area contributed by atoms with Crippen molar-refractivity contribution < 1.29 is 47.6 Å². The Bertz CT molecular complexity index is 989. The quantitative estimate of drug-likeness (QED) is 0.289. The van der Waals surface area contributed by atoms with E-state index < -0.39 is 23.9 Å². The normalized spacial score (nSPS) is 14.1. The van der Waals surface area contributed by atoms with E-state index in [0.29, 0.717) is 37.9 Å². The molecule has 0 bridgehead atoms. The summed E-state index contributed by atoms with van der Waals surface area (Å²) in [7, 11) is 0. The summed E-state index contributed by atoms with van der Waals surface area (Å²) >= 11 is 0. The van der Waals surface area contributed by atoms with E-state index in [2.05, 4.69) is 9.47 Å². The zero-order chi connectivity index (χ0) is 22.5. The van der Waals surface area contributed by atoms with Gasteiger partial charge in [0.2, 0.25) is 0 Å². The van der Waals surface area contributed by atoms with Gasteiger partial charge >= 0.3 is 23.9 Å². The first-order valence-corrected chi connectivity index (χ1v) is 9.75. The van der Waals surface area contributed by atoms with E-state index in [0.717, 1.165) is 0 Å². The first-order chi connectivity index (χ1) is 15.5. The maximum absolute atomic E-state index is 11.5. The SMILES string of the molecule is O=C1OC(=O)c2cc(OCCOCCOCCOc3ccc4c(c3)C(=O)OC4=O)ccc21.